The van der Waals surface area contributed by atoms with Gasteiger partial charge in [0, 0.05) is 30.1 Å². The van der Waals surface area contributed by atoms with E-state index in [9.17, 15) is 9.90 Å². The van der Waals surface area contributed by atoms with Gasteiger partial charge in [0.25, 0.3) is 5.91 Å². The van der Waals surface area contributed by atoms with Crippen LogP contribution in [0.4, 0.5) is 0 Å². The highest BCUT2D eigenvalue weighted by Crippen LogP contribution is 2.34. The number of rotatable bonds is 8. The molecule has 2 rings (SSSR count). The maximum atomic E-state index is 11.9. The van der Waals surface area contributed by atoms with Crippen LogP contribution in [0.15, 0.2) is 30.3 Å². The number of halogens is 2. The van der Waals surface area contributed by atoms with Crippen LogP contribution in [0.5, 0.6) is 11.5 Å². The number of amides is 1. The first-order valence-electron chi connectivity index (χ1n) is 9.00. The zero-order chi connectivity index (χ0) is 20.8. The summed E-state index contributed by atoms with van der Waals surface area (Å²) in [5.74, 6) is 0.618. The molecular formula is C21H25Cl2NO4. The summed E-state index contributed by atoms with van der Waals surface area (Å²) in [6.45, 7) is 4.00. The van der Waals surface area contributed by atoms with Crippen LogP contribution in [0.25, 0.3) is 0 Å². The van der Waals surface area contributed by atoms with E-state index in [1.165, 1.54) is 4.90 Å². The predicted molar refractivity (Wildman–Crippen MR) is 112 cm³/mol. The summed E-state index contributed by atoms with van der Waals surface area (Å²) in [4.78, 5) is 13.3. The minimum absolute atomic E-state index is 0.107. The predicted octanol–water partition coefficient (Wildman–Crippen LogP) is 4.24. The first-order valence-corrected chi connectivity index (χ1v) is 9.75. The number of phenols is 1. The molecule has 0 aromatic heterocycles. The molecule has 0 aliphatic carbocycles. The number of benzene rings is 2. The number of likely N-dealkylation sites (N-methyl/N-ethyl adjacent to an activating group) is 1. The minimum Gasteiger partial charge on any atom is -0.508 e. The number of phenolic OH excluding ortho intramolecular Hbond substituents is 1. The van der Waals surface area contributed by atoms with Gasteiger partial charge in [-0.25, -0.2) is 0 Å². The quantitative estimate of drug-likeness (QED) is 0.663. The van der Waals surface area contributed by atoms with Gasteiger partial charge in [0.15, 0.2) is 6.61 Å². The lowest BCUT2D eigenvalue weighted by Gasteiger charge is -2.17. The highest BCUT2D eigenvalue weighted by molar-refractivity contribution is 6.36. The molecule has 0 saturated heterocycles. The molecule has 0 fully saturated rings. The summed E-state index contributed by atoms with van der Waals surface area (Å²) in [6.07, 6.45) is 0.510. The Balaban J connectivity index is 2.14. The lowest BCUT2D eigenvalue weighted by atomic mass is 9.96. The van der Waals surface area contributed by atoms with Gasteiger partial charge in [-0.3, -0.25) is 4.79 Å². The highest BCUT2D eigenvalue weighted by atomic mass is 35.5. The van der Waals surface area contributed by atoms with Crippen LogP contribution < -0.4 is 4.74 Å². The van der Waals surface area contributed by atoms with Crippen molar-refractivity contribution in [2.75, 3.05) is 26.8 Å². The Morgan fingerprint density at radius 3 is 2.39 bits per heavy atom. The Bertz CT molecular complexity index is 816. The molecule has 2 aromatic rings. The van der Waals surface area contributed by atoms with E-state index in [-0.39, 0.29) is 37.3 Å². The Morgan fingerprint density at radius 2 is 1.82 bits per heavy atom. The number of hydrogen-bond donors (Lipinski definition) is 2. The van der Waals surface area contributed by atoms with Gasteiger partial charge in [-0.1, -0.05) is 49.2 Å². The van der Waals surface area contributed by atoms with Crippen LogP contribution in [0, 0.1) is 0 Å². The molecule has 0 unspecified atom stereocenters. The van der Waals surface area contributed by atoms with Gasteiger partial charge in [0.1, 0.15) is 11.5 Å². The third kappa shape index (κ3) is 5.77. The van der Waals surface area contributed by atoms with Gasteiger partial charge in [-0.2, -0.15) is 0 Å². The summed E-state index contributed by atoms with van der Waals surface area (Å²) in [6, 6.07) is 8.73. The fourth-order valence-electron chi connectivity index (χ4n) is 2.74. The fraction of sp³-hybridized carbons (Fsp3) is 0.381. The normalized spacial score (nSPS) is 11.0. The summed E-state index contributed by atoms with van der Waals surface area (Å²) in [7, 11) is 1.59. The largest absolute Gasteiger partial charge is 0.508 e. The Kier molecular flexibility index (Phi) is 7.98. The maximum Gasteiger partial charge on any atom is 0.260 e. The standard InChI is InChI=1S/C21H25Cl2NO4/c1-13(2)16-8-14(4-5-20(16)26)9-17-18(22)10-15(11-19(17)23)28-12-21(27)24(3)6-7-25/h4-5,8,10-11,13,25-26H,6-7,9,12H2,1-3H3. The molecule has 2 aromatic carbocycles. The molecule has 5 nitrogen and oxygen atoms in total. The van der Waals surface area contributed by atoms with Crippen molar-refractivity contribution in [1.82, 2.24) is 4.90 Å². The van der Waals surface area contributed by atoms with Crippen LogP contribution in [0.1, 0.15) is 36.5 Å². The second kappa shape index (κ2) is 10.0. The molecule has 0 radical (unpaired) electrons. The zero-order valence-corrected chi connectivity index (χ0v) is 17.7. The number of aromatic hydroxyl groups is 1. The van der Waals surface area contributed by atoms with Crippen LogP contribution in [-0.2, 0) is 11.2 Å². The number of carbonyl (C=O) groups excluding carboxylic acids is 1. The van der Waals surface area contributed by atoms with E-state index >= 15 is 0 Å². The van der Waals surface area contributed by atoms with Crippen LogP contribution in [-0.4, -0.2) is 47.8 Å². The van der Waals surface area contributed by atoms with E-state index in [0.29, 0.717) is 22.2 Å². The van der Waals surface area contributed by atoms with Crippen molar-refractivity contribution in [2.45, 2.75) is 26.2 Å². The van der Waals surface area contributed by atoms with Crippen LogP contribution in [0.3, 0.4) is 0 Å². The summed E-state index contributed by atoms with van der Waals surface area (Å²) in [5.41, 5.74) is 2.61. The number of aliphatic hydroxyl groups excluding tert-OH is 1. The molecule has 0 heterocycles. The van der Waals surface area contributed by atoms with Crippen molar-refractivity contribution in [3.63, 3.8) is 0 Å². The van der Waals surface area contributed by atoms with Gasteiger partial charge in [0.05, 0.1) is 6.61 Å². The molecule has 0 saturated carbocycles. The minimum atomic E-state index is -0.254. The summed E-state index contributed by atoms with van der Waals surface area (Å²) >= 11 is 12.8. The molecule has 0 spiro atoms. The van der Waals surface area contributed by atoms with Gasteiger partial charge < -0.3 is 19.8 Å². The summed E-state index contributed by atoms with van der Waals surface area (Å²) < 4.78 is 5.49. The Morgan fingerprint density at radius 1 is 1.18 bits per heavy atom. The fourth-order valence-corrected chi connectivity index (χ4v) is 3.34. The number of nitrogens with zero attached hydrogens (tertiary/aromatic N) is 1. The number of hydrogen-bond acceptors (Lipinski definition) is 4. The first-order chi connectivity index (χ1) is 13.2. The molecular weight excluding hydrogens is 401 g/mol. The molecule has 28 heavy (non-hydrogen) atoms. The van der Waals surface area contributed by atoms with Gasteiger partial charge in [0.2, 0.25) is 0 Å². The third-order valence-corrected chi connectivity index (χ3v) is 5.11. The van der Waals surface area contributed by atoms with Crippen molar-refractivity contribution < 1.29 is 19.7 Å². The van der Waals surface area contributed by atoms with Gasteiger partial charge >= 0.3 is 0 Å². The topological polar surface area (TPSA) is 70.0 Å². The Hall–Kier alpha value is -1.95. The summed E-state index contributed by atoms with van der Waals surface area (Å²) in [5, 5.41) is 19.7. The molecule has 0 aliphatic rings. The third-order valence-electron chi connectivity index (χ3n) is 4.43. The average Bonchev–Trinajstić information content (AvgIpc) is 2.63. The van der Waals surface area contributed by atoms with E-state index in [0.717, 1.165) is 16.7 Å². The molecule has 2 N–H and O–H groups in total. The van der Waals surface area contributed by atoms with Crippen molar-refractivity contribution in [2.24, 2.45) is 0 Å². The van der Waals surface area contributed by atoms with Gasteiger partial charge in [-0.15, -0.1) is 0 Å². The van der Waals surface area contributed by atoms with Crippen LogP contribution in [0.2, 0.25) is 10.0 Å². The monoisotopic (exact) mass is 425 g/mol. The highest BCUT2D eigenvalue weighted by Gasteiger charge is 2.14. The molecule has 0 aliphatic heterocycles. The Labute approximate surface area is 175 Å². The van der Waals surface area contributed by atoms with E-state index in [4.69, 9.17) is 33.0 Å². The SMILES string of the molecule is CC(C)c1cc(Cc2c(Cl)cc(OCC(=O)N(C)CCO)cc2Cl)ccc1O. The van der Waals surface area contributed by atoms with Crippen molar-refractivity contribution in [3.05, 3.63) is 57.1 Å². The molecule has 0 atom stereocenters. The number of aliphatic hydroxyl groups is 1. The molecule has 1 amide bonds. The second-order valence-electron chi connectivity index (χ2n) is 6.92. The van der Waals surface area contributed by atoms with Crippen LogP contribution >= 0.6 is 23.2 Å². The van der Waals surface area contributed by atoms with E-state index in [2.05, 4.69) is 0 Å². The maximum absolute atomic E-state index is 11.9. The van der Waals surface area contributed by atoms with Crippen molar-refractivity contribution in [1.29, 1.82) is 0 Å². The molecule has 7 heteroatoms. The molecule has 152 valence electrons. The van der Waals surface area contributed by atoms with E-state index in [1.807, 2.05) is 26.0 Å². The lowest BCUT2D eigenvalue weighted by molar-refractivity contribution is -0.132. The second-order valence-corrected chi connectivity index (χ2v) is 7.73. The van der Waals surface area contributed by atoms with E-state index < -0.39 is 0 Å². The smallest absolute Gasteiger partial charge is 0.260 e. The first kappa shape index (κ1) is 22.3. The average molecular weight is 426 g/mol. The number of carbonyl (C=O) groups is 1. The number of ether oxygens (including phenoxy) is 1. The van der Waals surface area contributed by atoms with Gasteiger partial charge in [-0.05, 0) is 40.8 Å². The molecule has 0 bridgehead atoms. The van der Waals surface area contributed by atoms with Crippen molar-refractivity contribution in [3.8, 4) is 11.5 Å². The van der Waals surface area contributed by atoms with E-state index in [1.54, 1.807) is 25.2 Å². The van der Waals surface area contributed by atoms with Crippen molar-refractivity contribution >= 4 is 29.1 Å². The lowest BCUT2D eigenvalue weighted by Crippen LogP contribution is -2.33. The zero-order valence-electron chi connectivity index (χ0n) is 16.2.